The van der Waals surface area contributed by atoms with Gasteiger partial charge in [-0.2, -0.15) is 0 Å². The first-order chi connectivity index (χ1) is 16.1. The van der Waals surface area contributed by atoms with Gasteiger partial charge in [0.25, 0.3) is 0 Å². The van der Waals surface area contributed by atoms with Crippen LogP contribution in [0.15, 0.2) is 35.8 Å². The van der Waals surface area contributed by atoms with Gasteiger partial charge >= 0.3 is 0 Å². The van der Waals surface area contributed by atoms with Crippen molar-refractivity contribution < 1.29 is 14.3 Å². The van der Waals surface area contributed by atoms with Crippen molar-refractivity contribution in [1.29, 1.82) is 0 Å². The largest absolute Gasteiger partial charge is 0.496 e. The van der Waals surface area contributed by atoms with Crippen LogP contribution in [0, 0.1) is 5.92 Å². The summed E-state index contributed by atoms with van der Waals surface area (Å²) in [5.41, 5.74) is 0.932. The minimum absolute atomic E-state index is 0.134. The number of amides is 2. The number of nitrogens with zero attached hydrogens (tertiary/aromatic N) is 4. The second kappa shape index (κ2) is 11.0. The number of unbranched alkanes of at least 4 members (excludes halogenated alkanes) is 1. The summed E-state index contributed by atoms with van der Waals surface area (Å²) in [4.78, 5) is 37.6. The number of anilines is 1. The van der Waals surface area contributed by atoms with E-state index in [-0.39, 0.29) is 23.8 Å². The lowest BCUT2D eigenvalue weighted by Crippen LogP contribution is -2.50. The molecule has 0 saturated carbocycles. The maximum atomic E-state index is 13.9. The van der Waals surface area contributed by atoms with Gasteiger partial charge in [0.1, 0.15) is 5.75 Å². The van der Waals surface area contributed by atoms with Crippen molar-refractivity contribution in [2.45, 2.75) is 45.1 Å². The van der Waals surface area contributed by atoms with E-state index in [0.717, 1.165) is 55.3 Å². The zero-order valence-corrected chi connectivity index (χ0v) is 20.4. The fourth-order valence-corrected chi connectivity index (χ4v) is 5.73. The Kier molecular flexibility index (Phi) is 7.85. The molecule has 3 heterocycles. The zero-order chi connectivity index (χ0) is 23.2. The lowest BCUT2D eigenvalue weighted by molar-refractivity contribution is -0.148. The van der Waals surface area contributed by atoms with Crippen LogP contribution in [0.1, 0.15) is 50.6 Å². The van der Waals surface area contributed by atoms with Gasteiger partial charge in [0.2, 0.25) is 11.8 Å². The van der Waals surface area contributed by atoms with Crippen molar-refractivity contribution in [2.24, 2.45) is 5.92 Å². The molecule has 1 aromatic heterocycles. The first-order valence-corrected chi connectivity index (χ1v) is 12.9. The molecule has 2 unspecified atom stereocenters. The predicted molar refractivity (Wildman–Crippen MR) is 131 cm³/mol. The molecule has 2 atom stereocenters. The van der Waals surface area contributed by atoms with Crippen molar-refractivity contribution in [3.05, 3.63) is 41.4 Å². The standard InChI is InChI=1S/C25H34N4O3S/c1-3-4-15-29-22(30)11-10-20(23(29)19-8-5-6-9-21(19)32-2)24(31)27-13-7-14-28(17-16-27)25-26-12-18-33-25/h5-6,8-9,12,18,20,23H,3-4,7,10-11,13-17H2,1-2H3. The third-order valence-corrected chi connectivity index (χ3v) is 7.56. The van der Waals surface area contributed by atoms with E-state index < -0.39 is 0 Å². The van der Waals surface area contributed by atoms with E-state index in [9.17, 15) is 9.59 Å². The van der Waals surface area contributed by atoms with E-state index in [1.807, 2.05) is 45.6 Å². The van der Waals surface area contributed by atoms with Crippen LogP contribution >= 0.6 is 11.3 Å². The molecular weight excluding hydrogens is 436 g/mol. The number of carbonyl (C=O) groups is 2. The fraction of sp³-hybridized carbons (Fsp3) is 0.560. The summed E-state index contributed by atoms with van der Waals surface area (Å²) in [5.74, 6) is 0.764. The predicted octanol–water partition coefficient (Wildman–Crippen LogP) is 3.97. The number of hydrogen-bond acceptors (Lipinski definition) is 6. The van der Waals surface area contributed by atoms with Crippen molar-refractivity contribution in [2.75, 3.05) is 44.7 Å². The quantitative estimate of drug-likeness (QED) is 0.613. The SMILES string of the molecule is CCCCN1C(=O)CCC(C(=O)N2CCCN(c3nccs3)CC2)C1c1ccccc1OC. The number of rotatable bonds is 7. The van der Waals surface area contributed by atoms with Gasteiger partial charge in [-0.3, -0.25) is 9.59 Å². The minimum atomic E-state index is -0.292. The lowest BCUT2D eigenvalue weighted by atomic mass is 9.82. The summed E-state index contributed by atoms with van der Waals surface area (Å²) in [6.45, 7) is 5.89. The first kappa shape index (κ1) is 23.5. The normalized spacial score (nSPS) is 21.8. The molecule has 33 heavy (non-hydrogen) atoms. The summed E-state index contributed by atoms with van der Waals surface area (Å²) in [7, 11) is 1.65. The maximum absolute atomic E-state index is 13.9. The van der Waals surface area contributed by atoms with Gasteiger partial charge in [-0.25, -0.2) is 4.98 Å². The number of thiazole rings is 1. The van der Waals surface area contributed by atoms with Crippen LogP contribution in [0.4, 0.5) is 5.13 Å². The molecular formula is C25H34N4O3S. The Hall–Kier alpha value is -2.61. The molecule has 0 radical (unpaired) electrons. The van der Waals surface area contributed by atoms with Gasteiger partial charge in [0.05, 0.1) is 19.1 Å². The van der Waals surface area contributed by atoms with Gasteiger partial charge in [0.15, 0.2) is 5.13 Å². The van der Waals surface area contributed by atoms with Gasteiger partial charge in [-0.1, -0.05) is 31.5 Å². The molecule has 8 heteroatoms. The van der Waals surface area contributed by atoms with E-state index in [4.69, 9.17) is 4.74 Å². The van der Waals surface area contributed by atoms with Crippen LogP contribution in [-0.4, -0.2) is 66.4 Å². The molecule has 0 spiro atoms. The smallest absolute Gasteiger partial charge is 0.228 e. The summed E-state index contributed by atoms with van der Waals surface area (Å²) >= 11 is 1.64. The van der Waals surface area contributed by atoms with Gasteiger partial charge in [0, 0.05) is 56.3 Å². The molecule has 2 fully saturated rings. The zero-order valence-electron chi connectivity index (χ0n) is 19.6. The minimum Gasteiger partial charge on any atom is -0.496 e. The number of hydrogen-bond donors (Lipinski definition) is 0. The monoisotopic (exact) mass is 470 g/mol. The van der Waals surface area contributed by atoms with E-state index >= 15 is 0 Å². The van der Waals surface area contributed by atoms with Crippen LogP contribution in [0.5, 0.6) is 5.75 Å². The Morgan fingerprint density at radius 3 is 2.82 bits per heavy atom. The number of carbonyl (C=O) groups excluding carboxylic acids is 2. The Balaban J connectivity index is 1.59. The van der Waals surface area contributed by atoms with E-state index in [1.165, 1.54) is 0 Å². The molecule has 7 nitrogen and oxygen atoms in total. The number of methoxy groups -OCH3 is 1. The van der Waals surface area contributed by atoms with Gasteiger partial charge < -0.3 is 19.4 Å². The molecule has 0 N–H and O–H groups in total. The third kappa shape index (κ3) is 5.16. The lowest BCUT2D eigenvalue weighted by Gasteiger charge is -2.42. The Morgan fingerprint density at radius 2 is 2.06 bits per heavy atom. The summed E-state index contributed by atoms with van der Waals surface area (Å²) in [5, 5.41) is 3.01. The molecule has 4 rings (SSSR count). The molecule has 178 valence electrons. The molecule has 1 aromatic carbocycles. The topological polar surface area (TPSA) is 66.0 Å². The highest BCUT2D eigenvalue weighted by Crippen LogP contribution is 2.41. The Labute approximate surface area is 200 Å². The molecule has 0 bridgehead atoms. The van der Waals surface area contributed by atoms with Crippen LogP contribution < -0.4 is 9.64 Å². The summed E-state index contributed by atoms with van der Waals surface area (Å²) < 4.78 is 5.66. The Bertz CT molecular complexity index is 935. The average molecular weight is 471 g/mol. The van der Waals surface area contributed by atoms with Crippen molar-refractivity contribution in [1.82, 2.24) is 14.8 Å². The average Bonchev–Trinajstić information content (AvgIpc) is 3.27. The number of aromatic nitrogens is 1. The van der Waals surface area contributed by atoms with Crippen molar-refractivity contribution in [3.63, 3.8) is 0 Å². The molecule has 2 aromatic rings. The van der Waals surface area contributed by atoms with Crippen molar-refractivity contribution in [3.8, 4) is 5.75 Å². The Morgan fingerprint density at radius 1 is 1.21 bits per heavy atom. The first-order valence-electron chi connectivity index (χ1n) is 12.0. The van der Waals surface area contributed by atoms with E-state index in [0.29, 0.717) is 25.9 Å². The van der Waals surface area contributed by atoms with Gasteiger partial charge in [-0.05, 0) is 25.3 Å². The molecule has 2 saturated heterocycles. The highest BCUT2D eigenvalue weighted by atomic mass is 32.1. The summed E-state index contributed by atoms with van der Waals surface area (Å²) in [6.07, 6.45) is 5.66. The number of likely N-dealkylation sites (tertiary alicyclic amines) is 1. The summed E-state index contributed by atoms with van der Waals surface area (Å²) in [6, 6.07) is 7.54. The number of para-hydroxylation sites is 1. The number of benzene rings is 1. The van der Waals surface area contributed by atoms with Crippen molar-refractivity contribution >= 4 is 28.3 Å². The highest BCUT2D eigenvalue weighted by molar-refractivity contribution is 7.13. The van der Waals surface area contributed by atoms with E-state index in [2.05, 4.69) is 16.8 Å². The maximum Gasteiger partial charge on any atom is 0.228 e. The number of ether oxygens (including phenoxy) is 1. The third-order valence-electron chi connectivity index (χ3n) is 6.73. The molecule has 2 aliphatic rings. The highest BCUT2D eigenvalue weighted by Gasteiger charge is 2.43. The van der Waals surface area contributed by atoms with Crippen LogP contribution in [0.3, 0.4) is 0 Å². The second-order valence-corrected chi connectivity index (χ2v) is 9.63. The van der Waals surface area contributed by atoms with Crippen LogP contribution in [0.25, 0.3) is 0 Å². The second-order valence-electron chi connectivity index (χ2n) is 8.75. The molecule has 0 aliphatic carbocycles. The van der Waals surface area contributed by atoms with Gasteiger partial charge in [-0.15, -0.1) is 11.3 Å². The van der Waals surface area contributed by atoms with Crippen LogP contribution in [-0.2, 0) is 9.59 Å². The van der Waals surface area contributed by atoms with E-state index in [1.54, 1.807) is 18.4 Å². The molecule has 2 amide bonds. The van der Waals surface area contributed by atoms with Crippen LogP contribution in [0.2, 0.25) is 0 Å². The number of piperidine rings is 1. The fourth-order valence-electron chi connectivity index (χ4n) is 5.03. The molecule has 2 aliphatic heterocycles.